The van der Waals surface area contributed by atoms with E-state index in [2.05, 4.69) is 21.2 Å². The highest BCUT2D eigenvalue weighted by Crippen LogP contribution is 2.55. The van der Waals surface area contributed by atoms with Gasteiger partial charge in [-0.1, -0.05) is 18.9 Å². The van der Waals surface area contributed by atoms with Crippen molar-refractivity contribution in [1.29, 1.82) is 0 Å². The van der Waals surface area contributed by atoms with Gasteiger partial charge in [-0.2, -0.15) is 0 Å². The highest BCUT2D eigenvalue weighted by atomic mass is 79.9. The van der Waals surface area contributed by atoms with Gasteiger partial charge in [0.15, 0.2) is 0 Å². The van der Waals surface area contributed by atoms with Crippen molar-refractivity contribution in [2.24, 2.45) is 5.41 Å². The van der Waals surface area contributed by atoms with Gasteiger partial charge in [-0.15, -0.1) is 0 Å². The molecule has 3 rings (SSSR count). The van der Waals surface area contributed by atoms with Crippen LogP contribution >= 0.6 is 15.9 Å². The molecule has 6 heteroatoms. The van der Waals surface area contributed by atoms with E-state index in [0.29, 0.717) is 16.3 Å². The molecule has 1 aromatic carbocycles. The first kappa shape index (κ1) is 14.8. The van der Waals surface area contributed by atoms with Crippen molar-refractivity contribution >= 4 is 21.6 Å². The van der Waals surface area contributed by atoms with Gasteiger partial charge in [0.05, 0.1) is 9.40 Å². The third-order valence-electron chi connectivity index (χ3n) is 5.07. The smallest absolute Gasteiger partial charge is 0.312 e. The molecule has 1 aromatic rings. The molecule has 0 amide bonds. The number of ether oxygens (including phenoxy) is 1. The Kier molecular flexibility index (Phi) is 3.92. The molecule has 0 heterocycles. The maximum atomic E-state index is 11.2. The number of halogens is 1. The quantitative estimate of drug-likeness (QED) is 0.661. The summed E-state index contributed by atoms with van der Waals surface area (Å²) in [6, 6.07) is 5.41. The Labute approximate surface area is 132 Å². The number of nitro benzene ring substituents is 1. The molecule has 0 saturated heterocycles. The maximum Gasteiger partial charge on any atom is 0.312 e. The monoisotopic (exact) mass is 354 g/mol. The third kappa shape index (κ3) is 2.34. The Hall–Kier alpha value is -1.14. The van der Waals surface area contributed by atoms with Crippen LogP contribution in [0.2, 0.25) is 0 Å². The summed E-state index contributed by atoms with van der Waals surface area (Å²) in [6.07, 6.45) is 5.69. The van der Waals surface area contributed by atoms with Crippen LogP contribution in [0.25, 0.3) is 0 Å². The molecule has 1 N–H and O–H groups in total. The van der Waals surface area contributed by atoms with Crippen molar-refractivity contribution in [3.63, 3.8) is 0 Å². The number of rotatable bonds is 4. The summed E-state index contributed by atoms with van der Waals surface area (Å²) in [7, 11) is 1.99. The molecule has 5 nitrogen and oxygen atoms in total. The molecule has 2 unspecified atom stereocenters. The molecular weight excluding hydrogens is 336 g/mol. The number of nitro groups is 1. The second-order valence-electron chi connectivity index (χ2n) is 5.97. The zero-order valence-corrected chi connectivity index (χ0v) is 13.6. The lowest BCUT2D eigenvalue weighted by Gasteiger charge is -2.53. The fraction of sp³-hybridized carbons (Fsp3) is 0.600. The van der Waals surface area contributed by atoms with Crippen molar-refractivity contribution < 1.29 is 9.66 Å². The van der Waals surface area contributed by atoms with Crippen LogP contribution in [0.3, 0.4) is 0 Å². The lowest BCUT2D eigenvalue weighted by atomic mass is 9.60. The normalized spacial score (nSPS) is 26.6. The van der Waals surface area contributed by atoms with Crippen LogP contribution in [0.15, 0.2) is 22.7 Å². The van der Waals surface area contributed by atoms with Crippen LogP contribution < -0.4 is 10.1 Å². The van der Waals surface area contributed by atoms with Crippen LogP contribution in [0.4, 0.5) is 5.69 Å². The summed E-state index contributed by atoms with van der Waals surface area (Å²) in [5, 5.41) is 14.6. The summed E-state index contributed by atoms with van der Waals surface area (Å²) >= 11 is 3.38. The van der Waals surface area contributed by atoms with Gasteiger partial charge >= 0.3 is 5.69 Å². The molecule has 2 aliphatic rings. The van der Waals surface area contributed by atoms with E-state index in [0.717, 1.165) is 19.3 Å². The Morgan fingerprint density at radius 2 is 2.14 bits per heavy atom. The van der Waals surface area contributed by atoms with Gasteiger partial charge in [-0.3, -0.25) is 10.1 Å². The van der Waals surface area contributed by atoms with Gasteiger partial charge in [-0.25, -0.2) is 0 Å². The van der Waals surface area contributed by atoms with Crippen LogP contribution in [0.5, 0.6) is 5.75 Å². The van der Waals surface area contributed by atoms with Gasteiger partial charge in [-0.05, 0) is 41.9 Å². The lowest BCUT2D eigenvalue weighted by Crippen LogP contribution is -2.63. The average Bonchev–Trinajstić information content (AvgIpc) is 2.96. The van der Waals surface area contributed by atoms with Gasteiger partial charge < -0.3 is 10.1 Å². The van der Waals surface area contributed by atoms with Crippen LogP contribution in [-0.2, 0) is 0 Å². The van der Waals surface area contributed by atoms with E-state index < -0.39 is 0 Å². The number of hydrogen-bond acceptors (Lipinski definition) is 4. The number of nitrogens with zero attached hydrogens (tertiary/aromatic N) is 1. The van der Waals surface area contributed by atoms with Crippen molar-refractivity contribution in [1.82, 2.24) is 5.32 Å². The first-order valence-electron chi connectivity index (χ1n) is 7.35. The second-order valence-corrected chi connectivity index (χ2v) is 6.82. The van der Waals surface area contributed by atoms with Crippen molar-refractivity contribution in [3.05, 3.63) is 32.8 Å². The number of nitrogens with one attached hydrogen (secondary N) is 1. The molecule has 0 radical (unpaired) electrons. The van der Waals surface area contributed by atoms with E-state index in [-0.39, 0.29) is 22.1 Å². The van der Waals surface area contributed by atoms with Crippen LogP contribution in [0.1, 0.15) is 32.1 Å². The van der Waals surface area contributed by atoms with E-state index in [4.69, 9.17) is 4.74 Å². The predicted octanol–water partition coefficient (Wildman–Crippen LogP) is 3.66. The Balaban J connectivity index is 1.86. The SMILES string of the molecule is CNC1CC(Oc2c(Br)cccc2[N+](=O)[O-])C12CCCC2. The maximum absolute atomic E-state index is 11.2. The summed E-state index contributed by atoms with van der Waals surface area (Å²) in [6.45, 7) is 0. The molecule has 2 atom stereocenters. The van der Waals surface area contributed by atoms with Gasteiger partial charge in [0.1, 0.15) is 6.10 Å². The molecule has 21 heavy (non-hydrogen) atoms. The Bertz CT molecular complexity index is 558. The summed E-state index contributed by atoms with van der Waals surface area (Å²) in [5.41, 5.74) is 0.183. The van der Waals surface area contributed by atoms with E-state index in [9.17, 15) is 10.1 Å². The highest BCUT2D eigenvalue weighted by molar-refractivity contribution is 9.10. The highest BCUT2D eigenvalue weighted by Gasteiger charge is 2.57. The summed E-state index contributed by atoms with van der Waals surface area (Å²) in [5.74, 6) is 0.369. The van der Waals surface area contributed by atoms with Gasteiger partial charge in [0.2, 0.25) is 5.75 Å². The molecule has 2 saturated carbocycles. The zero-order valence-electron chi connectivity index (χ0n) is 12.0. The molecule has 2 aliphatic carbocycles. The predicted molar refractivity (Wildman–Crippen MR) is 83.6 cm³/mol. The topological polar surface area (TPSA) is 64.4 Å². The molecular formula is C15H19BrN2O3. The van der Waals surface area contributed by atoms with Crippen LogP contribution in [-0.4, -0.2) is 24.1 Å². The fourth-order valence-electron chi connectivity index (χ4n) is 3.92. The average molecular weight is 355 g/mol. The van der Waals surface area contributed by atoms with Crippen LogP contribution in [0, 0.1) is 15.5 Å². The molecule has 1 spiro atoms. The summed E-state index contributed by atoms with van der Waals surface area (Å²) < 4.78 is 6.77. The van der Waals surface area contributed by atoms with Crippen molar-refractivity contribution in [2.45, 2.75) is 44.2 Å². The minimum absolute atomic E-state index is 0.0328. The van der Waals surface area contributed by atoms with Gasteiger partial charge in [0, 0.05) is 23.9 Å². The van der Waals surface area contributed by atoms with E-state index in [1.807, 2.05) is 7.05 Å². The van der Waals surface area contributed by atoms with E-state index in [1.165, 1.54) is 18.9 Å². The Morgan fingerprint density at radius 1 is 1.43 bits per heavy atom. The molecule has 2 fully saturated rings. The first-order valence-corrected chi connectivity index (χ1v) is 8.14. The standard InChI is InChI=1S/C15H19BrN2O3/c1-17-12-9-13(15(12)7-2-3-8-15)21-14-10(16)5-4-6-11(14)18(19)20/h4-6,12-13,17H,2-3,7-9H2,1H3. The van der Waals surface area contributed by atoms with E-state index >= 15 is 0 Å². The molecule has 0 bridgehead atoms. The lowest BCUT2D eigenvalue weighted by molar-refractivity contribution is -0.386. The number of benzene rings is 1. The largest absolute Gasteiger partial charge is 0.482 e. The molecule has 0 aliphatic heterocycles. The minimum atomic E-state index is -0.379. The summed E-state index contributed by atoms with van der Waals surface area (Å²) in [4.78, 5) is 10.8. The Morgan fingerprint density at radius 3 is 2.76 bits per heavy atom. The fourth-order valence-corrected chi connectivity index (χ4v) is 4.37. The first-order chi connectivity index (χ1) is 10.1. The number of para-hydroxylation sites is 1. The van der Waals surface area contributed by atoms with Crippen molar-refractivity contribution in [2.75, 3.05) is 7.05 Å². The van der Waals surface area contributed by atoms with Gasteiger partial charge in [0.25, 0.3) is 0 Å². The third-order valence-corrected chi connectivity index (χ3v) is 5.70. The zero-order chi connectivity index (χ0) is 15.0. The second kappa shape index (κ2) is 5.57. The molecule has 114 valence electrons. The van der Waals surface area contributed by atoms with Crippen molar-refractivity contribution in [3.8, 4) is 5.75 Å². The minimum Gasteiger partial charge on any atom is -0.482 e. The van der Waals surface area contributed by atoms with E-state index in [1.54, 1.807) is 12.1 Å². The molecule has 0 aromatic heterocycles. The number of hydrogen-bond donors (Lipinski definition) is 1.